The number of carboxylic acid groups (broad SMARTS) is 1. The van der Waals surface area contributed by atoms with Crippen molar-refractivity contribution in [3.8, 4) is 6.07 Å². The molecule has 0 spiro atoms. The largest absolute Gasteiger partial charge is 0.535 e. The van der Waals surface area contributed by atoms with Crippen LogP contribution in [0.25, 0.3) is 0 Å². The first-order valence-electron chi connectivity index (χ1n) is 10.9. The van der Waals surface area contributed by atoms with Gasteiger partial charge in [-0.25, -0.2) is 14.4 Å². The first kappa shape index (κ1) is 29.8. The molecule has 0 aliphatic carbocycles. The Bertz CT molecular complexity index is 1140. The van der Waals surface area contributed by atoms with E-state index >= 15 is 0 Å². The SMILES string of the molecule is CC(C)(C)OC(=O)O/N=C(\C#N)c1ccccc1.CC(C)(C)OC(=O)c1c(CN)cccc1C(=O)O. The number of nitrogens with two attached hydrogens (primary N) is 1. The third-order valence-corrected chi connectivity index (χ3v) is 3.96. The lowest BCUT2D eigenvalue weighted by atomic mass is 10.0. The van der Waals surface area contributed by atoms with E-state index in [2.05, 4.69) is 9.99 Å². The summed E-state index contributed by atoms with van der Waals surface area (Å²) in [6.45, 7) is 10.4. The minimum Gasteiger partial charge on any atom is -0.478 e. The number of ether oxygens (including phenoxy) is 2. The zero-order valence-electron chi connectivity index (χ0n) is 21.2. The van der Waals surface area contributed by atoms with Crippen molar-refractivity contribution >= 4 is 23.8 Å². The van der Waals surface area contributed by atoms with Crippen molar-refractivity contribution in [1.29, 1.82) is 5.26 Å². The number of carbonyl (C=O) groups is 3. The van der Waals surface area contributed by atoms with Gasteiger partial charge in [-0.1, -0.05) is 47.6 Å². The average Bonchev–Trinajstić information content (AvgIpc) is 2.77. The molecule has 0 atom stereocenters. The Kier molecular flexibility index (Phi) is 10.8. The van der Waals surface area contributed by atoms with Crippen LogP contribution in [-0.4, -0.2) is 40.1 Å². The fourth-order valence-corrected chi connectivity index (χ4v) is 2.60. The number of nitrogens with zero attached hydrogens (tertiary/aromatic N) is 2. The van der Waals surface area contributed by atoms with E-state index in [0.29, 0.717) is 11.1 Å². The van der Waals surface area contributed by atoms with Crippen LogP contribution in [0.5, 0.6) is 0 Å². The van der Waals surface area contributed by atoms with Gasteiger partial charge in [0.15, 0.2) is 5.71 Å². The van der Waals surface area contributed by atoms with Gasteiger partial charge in [-0.15, -0.1) is 0 Å². The van der Waals surface area contributed by atoms with Gasteiger partial charge in [0.05, 0.1) is 11.1 Å². The van der Waals surface area contributed by atoms with Gasteiger partial charge in [0, 0.05) is 12.1 Å². The van der Waals surface area contributed by atoms with Gasteiger partial charge < -0.3 is 20.3 Å². The molecule has 10 heteroatoms. The maximum absolute atomic E-state index is 12.0. The van der Waals surface area contributed by atoms with Gasteiger partial charge in [-0.3, -0.25) is 4.84 Å². The van der Waals surface area contributed by atoms with Crippen molar-refractivity contribution in [2.24, 2.45) is 10.9 Å². The second kappa shape index (κ2) is 13.0. The molecule has 3 N–H and O–H groups in total. The first-order valence-corrected chi connectivity index (χ1v) is 10.9. The van der Waals surface area contributed by atoms with Gasteiger partial charge in [0.2, 0.25) is 0 Å². The summed E-state index contributed by atoms with van der Waals surface area (Å²) in [5.41, 5.74) is 5.16. The number of hydrogen-bond donors (Lipinski definition) is 2. The Labute approximate surface area is 210 Å². The molecule has 192 valence electrons. The summed E-state index contributed by atoms with van der Waals surface area (Å²) < 4.78 is 10.1. The number of oxime groups is 1. The molecule has 36 heavy (non-hydrogen) atoms. The number of nitriles is 1. The van der Waals surface area contributed by atoms with E-state index in [9.17, 15) is 14.4 Å². The van der Waals surface area contributed by atoms with Crippen molar-refractivity contribution in [3.05, 3.63) is 70.8 Å². The Balaban J connectivity index is 0.000000360. The van der Waals surface area contributed by atoms with Crippen LogP contribution in [-0.2, 0) is 20.9 Å². The quantitative estimate of drug-likeness (QED) is 0.259. The van der Waals surface area contributed by atoms with Crippen LogP contribution in [0, 0.1) is 11.3 Å². The molecule has 2 rings (SSSR count). The van der Waals surface area contributed by atoms with Crippen molar-refractivity contribution in [2.75, 3.05) is 0 Å². The topological polar surface area (TPSA) is 161 Å². The number of rotatable bonds is 5. The van der Waals surface area contributed by atoms with E-state index < -0.39 is 29.3 Å². The molecule has 0 saturated carbocycles. The predicted octanol–water partition coefficient (Wildman–Crippen LogP) is 4.66. The van der Waals surface area contributed by atoms with Crippen LogP contribution >= 0.6 is 0 Å². The highest BCUT2D eigenvalue weighted by atomic mass is 16.8. The Morgan fingerprint density at radius 3 is 2.00 bits per heavy atom. The first-order chi connectivity index (χ1) is 16.7. The van der Waals surface area contributed by atoms with Crippen LogP contribution in [0.2, 0.25) is 0 Å². The fourth-order valence-electron chi connectivity index (χ4n) is 2.60. The third-order valence-electron chi connectivity index (χ3n) is 3.96. The van der Waals surface area contributed by atoms with E-state index in [1.54, 1.807) is 77.9 Å². The monoisotopic (exact) mass is 497 g/mol. The summed E-state index contributed by atoms with van der Waals surface area (Å²) in [5.74, 6) is -1.84. The second-order valence-electron chi connectivity index (χ2n) is 9.32. The molecule has 0 saturated heterocycles. The summed E-state index contributed by atoms with van der Waals surface area (Å²) in [5, 5.41) is 21.5. The molecule has 0 fully saturated rings. The summed E-state index contributed by atoms with van der Waals surface area (Å²) in [7, 11) is 0. The van der Waals surface area contributed by atoms with Crippen molar-refractivity contribution in [1.82, 2.24) is 0 Å². The van der Waals surface area contributed by atoms with Crippen LogP contribution in [0.15, 0.2) is 53.7 Å². The molecule has 0 amide bonds. The molecule has 0 aliphatic rings. The van der Waals surface area contributed by atoms with Crippen LogP contribution < -0.4 is 5.73 Å². The summed E-state index contributed by atoms with van der Waals surface area (Å²) in [4.78, 5) is 38.9. The van der Waals surface area contributed by atoms with Gasteiger partial charge >= 0.3 is 18.1 Å². The maximum Gasteiger partial charge on any atom is 0.535 e. The third kappa shape index (κ3) is 10.4. The number of aromatic carboxylic acids is 1. The highest BCUT2D eigenvalue weighted by molar-refractivity contribution is 6.11. The van der Waals surface area contributed by atoms with Crippen LogP contribution in [0.4, 0.5) is 4.79 Å². The zero-order chi connectivity index (χ0) is 27.5. The molecule has 0 heterocycles. The van der Waals surface area contributed by atoms with Crippen molar-refractivity contribution in [3.63, 3.8) is 0 Å². The van der Waals surface area contributed by atoms with Crippen molar-refractivity contribution < 1.29 is 33.8 Å². The molecular formula is C26H31N3O7. The molecule has 0 radical (unpaired) electrons. The molecule has 2 aromatic rings. The number of carboxylic acids is 1. The Morgan fingerprint density at radius 1 is 0.944 bits per heavy atom. The molecule has 2 aromatic carbocycles. The lowest BCUT2D eigenvalue weighted by molar-refractivity contribution is -0.00621. The highest BCUT2D eigenvalue weighted by Crippen LogP contribution is 2.19. The highest BCUT2D eigenvalue weighted by Gasteiger charge is 2.25. The van der Waals surface area contributed by atoms with E-state index in [1.165, 1.54) is 6.07 Å². The standard InChI is InChI=1S/C13H14N2O3.C13H17NO4/c1-13(2,3)17-12(16)18-15-11(9-14)10-7-5-4-6-8-10;1-13(2,3)18-12(17)10-8(7-14)5-4-6-9(10)11(15)16/h4-8H,1-3H3;4-6H,7,14H2,1-3H3,(H,15,16)/b15-11+;. The lowest BCUT2D eigenvalue weighted by Crippen LogP contribution is -2.26. The van der Waals surface area contributed by atoms with Crippen molar-refractivity contribution in [2.45, 2.75) is 59.3 Å². The molecule has 10 nitrogen and oxygen atoms in total. The Hall–Kier alpha value is -4.23. The molecule has 0 aliphatic heterocycles. The molecular weight excluding hydrogens is 466 g/mol. The van der Waals surface area contributed by atoms with Crippen LogP contribution in [0.1, 0.15) is 73.4 Å². The number of benzene rings is 2. The summed E-state index contributed by atoms with van der Waals surface area (Å²) in [6.07, 6.45) is -0.939. The normalized spacial score (nSPS) is 11.3. The molecule has 0 bridgehead atoms. The number of carbonyl (C=O) groups excluding carboxylic acids is 2. The maximum atomic E-state index is 12.0. The summed E-state index contributed by atoms with van der Waals surface area (Å²) in [6, 6.07) is 15.1. The summed E-state index contributed by atoms with van der Waals surface area (Å²) >= 11 is 0. The fraction of sp³-hybridized carbons (Fsp3) is 0.346. The molecule has 0 aromatic heterocycles. The second-order valence-corrected chi connectivity index (χ2v) is 9.32. The predicted molar refractivity (Wildman–Crippen MR) is 132 cm³/mol. The van der Waals surface area contributed by atoms with Gasteiger partial charge in [-0.2, -0.15) is 5.26 Å². The van der Waals surface area contributed by atoms with E-state index in [4.69, 9.17) is 25.6 Å². The van der Waals surface area contributed by atoms with E-state index in [1.807, 2.05) is 12.1 Å². The van der Waals surface area contributed by atoms with E-state index in [-0.39, 0.29) is 23.4 Å². The number of hydrogen-bond acceptors (Lipinski definition) is 9. The Morgan fingerprint density at radius 2 is 1.53 bits per heavy atom. The minimum absolute atomic E-state index is 0.0152. The average molecular weight is 498 g/mol. The number of esters is 1. The van der Waals surface area contributed by atoms with E-state index in [0.717, 1.165) is 0 Å². The lowest BCUT2D eigenvalue weighted by Gasteiger charge is -2.21. The molecule has 0 unspecified atom stereocenters. The van der Waals surface area contributed by atoms with Gasteiger partial charge in [0.1, 0.15) is 17.3 Å². The zero-order valence-corrected chi connectivity index (χ0v) is 21.2. The van der Waals surface area contributed by atoms with Gasteiger partial charge in [0.25, 0.3) is 0 Å². The smallest absolute Gasteiger partial charge is 0.478 e. The van der Waals surface area contributed by atoms with Crippen LogP contribution in [0.3, 0.4) is 0 Å². The van der Waals surface area contributed by atoms with Gasteiger partial charge in [-0.05, 0) is 53.2 Å². The minimum atomic E-state index is -1.17.